The highest BCUT2D eigenvalue weighted by molar-refractivity contribution is 5.94. The van der Waals surface area contributed by atoms with Crippen LogP contribution in [0.3, 0.4) is 0 Å². The van der Waals surface area contributed by atoms with E-state index < -0.39 is 17.2 Å². The second-order valence-electron chi connectivity index (χ2n) is 6.60. The zero-order valence-corrected chi connectivity index (χ0v) is 15.4. The number of carbonyl (C=O) groups excluding carboxylic acids is 1. The van der Waals surface area contributed by atoms with E-state index in [0.717, 1.165) is 38.8 Å². The Kier molecular flexibility index (Phi) is 5.59. The van der Waals surface area contributed by atoms with Crippen LogP contribution < -0.4 is 10.3 Å². The molecule has 0 radical (unpaired) electrons. The van der Waals surface area contributed by atoms with Crippen LogP contribution >= 0.6 is 0 Å². The number of nitrogens with zero attached hydrogens (tertiary/aromatic N) is 2. The van der Waals surface area contributed by atoms with E-state index in [9.17, 15) is 14.0 Å². The fourth-order valence-electron chi connectivity index (χ4n) is 3.57. The van der Waals surface area contributed by atoms with Crippen molar-refractivity contribution in [3.8, 4) is 0 Å². The van der Waals surface area contributed by atoms with Crippen molar-refractivity contribution in [2.75, 3.05) is 24.6 Å². The van der Waals surface area contributed by atoms with E-state index in [1.165, 1.54) is 12.3 Å². The number of fused-ring (bicyclic) bond motifs is 1. The molecule has 140 valence electrons. The molecule has 26 heavy (non-hydrogen) atoms. The van der Waals surface area contributed by atoms with E-state index in [0.29, 0.717) is 17.7 Å². The zero-order chi connectivity index (χ0) is 18.7. The van der Waals surface area contributed by atoms with Crippen molar-refractivity contribution in [1.82, 2.24) is 4.57 Å². The smallest absolute Gasteiger partial charge is 0.343 e. The lowest BCUT2D eigenvalue weighted by Gasteiger charge is -2.24. The molecule has 0 amide bonds. The molecule has 1 aliphatic heterocycles. The minimum Gasteiger partial charge on any atom is -0.462 e. The average Bonchev–Trinajstić information content (AvgIpc) is 2.91. The van der Waals surface area contributed by atoms with E-state index in [-0.39, 0.29) is 17.6 Å². The van der Waals surface area contributed by atoms with E-state index in [2.05, 4.69) is 4.90 Å². The maximum absolute atomic E-state index is 14.8. The molecule has 0 saturated carbocycles. The summed E-state index contributed by atoms with van der Waals surface area (Å²) in [6, 6.07) is 3.02. The Bertz CT molecular complexity index is 867. The van der Waals surface area contributed by atoms with Gasteiger partial charge in [0.15, 0.2) is 0 Å². The number of hydrogen-bond acceptors (Lipinski definition) is 4. The predicted octanol–water partition coefficient (Wildman–Crippen LogP) is 3.72. The first-order valence-electron chi connectivity index (χ1n) is 9.35. The van der Waals surface area contributed by atoms with Crippen LogP contribution in [0.2, 0.25) is 0 Å². The van der Waals surface area contributed by atoms with Crippen molar-refractivity contribution in [2.24, 2.45) is 0 Å². The van der Waals surface area contributed by atoms with Crippen LogP contribution in [0, 0.1) is 5.82 Å². The summed E-state index contributed by atoms with van der Waals surface area (Å²) in [6.07, 6.45) is 5.93. The van der Waals surface area contributed by atoms with Gasteiger partial charge in [-0.25, -0.2) is 9.18 Å². The molecule has 1 aromatic heterocycles. The molecular weight excluding hydrogens is 335 g/mol. The summed E-state index contributed by atoms with van der Waals surface area (Å²) < 4.78 is 21.6. The first kappa shape index (κ1) is 18.4. The van der Waals surface area contributed by atoms with Crippen molar-refractivity contribution in [2.45, 2.75) is 46.1 Å². The van der Waals surface area contributed by atoms with Gasteiger partial charge in [0.2, 0.25) is 5.43 Å². The summed E-state index contributed by atoms with van der Waals surface area (Å²) in [5, 5.41) is 0.216. The molecular formula is C20H25FN2O3. The number of hydrogen-bond donors (Lipinski definition) is 0. The molecule has 5 nitrogen and oxygen atoms in total. The lowest BCUT2D eigenvalue weighted by atomic mass is 10.1. The minimum atomic E-state index is -0.668. The summed E-state index contributed by atoms with van der Waals surface area (Å²) in [5.74, 6) is -1.08. The number of anilines is 1. The summed E-state index contributed by atoms with van der Waals surface area (Å²) in [7, 11) is 0. The standard InChI is InChI=1S/C20H25FN2O3/c1-3-22-13-15(20(25)26-4-2)19(24)14-11-16(21)18(12-17(14)22)23-9-7-5-6-8-10-23/h11-13H,3-10H2,1-2H3. The van der Waals surface area contributed by atoms with Gasteiger partial charge in [-0.3, -0.25) is 4.79 Å². The van der Waals surface area contributed by atoms with Crippen molar-refractivity contribution >= 4 is 22.6 Å². The van der Waals surface area contributed by atoms with E-state index in [1.54, 1.807) is 13.0 Å². The lowest BCUT2D eigenvalue weighted by Crippen LogP contribution is -2.26. The number of ether oxygens (including phenoxy) is 1. The third-order valence-corrected chi connectivity index (χ3v) is 4.93. The third-order valence-electron chi connectivity index (χ3n) is 4.93. The maximum atomic E-state index is 14.8. The number of benzene rings is 1. The summed E-state index contributed by atoms with van der Waals surface area (Å²) in [4.78, 5) is 26.9. The number of aryl methyl sites for hydroxylation is 1. The Labute approximate surface area is 152 Å². The summed E-state index contributed by atoms with van der Waals surface area (Å²) >= 11 is 0. The Morgan fingerprint density at radius 1 is 1.15 bits per heavy atom. The van der Waals surface area contributed by atoms with Gasteiger partial charge >= 0.3 is 5.97 Å². The molecule has 0 spiro atoms. The zero-order valence-electron chi connectivity index (χ0n) is 15.4. The van der Waals surface area contributed by atoms with Crippen LogP contribution in [0.4, 0.5) is 10.1 Å². The molecule has 1 saturated heterocycles. The predicted molar refractivity (Wildman–Crippen MR) is 100 cm³/mol. The molecule has 0 bridgehead atoms. The normalized spacial score (nSPS) is 15.1. The summed E-state index contributed by atoms with van der Waals surface area (Å²) in [6.45, 7) is 6.00. The van der Waals surface area contributed by atoms with Crippen LogP contribution in [-0.4, -0.2) is 30.2 Å². The largest absolute Gasteiger partial charge is 0.462 e. The van der Waals surface area contributed by atoms with Gasteiger partial charge in [-0.15, -0.1) is 0 Å². The molecule has 6 heteroatoms. The number of pyridine rings is 1. The second-order valence-corrected chi connectivity index (χ2v) is 6.60. The second kappa shape index (κ2) is 7.89. The first-order valence-corrected chi connectivity index (χ1v) is 9.35. The molecule has 1 fully saturated rings. The first-order chi connectivity index (χ1) is 12.6. The molecule has 3 rings (SSSR count). The fourth-order valence-corrected chi connectivity index (χ4v) is 3.57. The third kappa shape index (κ3) is 3.45. The van der Waals surface area contributed by atoms with Crippen LogP contribution in [0.5, 0.6) is 0 Å². The highest BCUT2D eigenvalue weighted by Crippen LogP contribution is 2.27. The van der Waals surface area contributed by atoms with Crippen molar-refractivity contribution in [1.29, 1.82) is 0 Å². The van der Waals surface area contributed by atoms with Gasteiger partial charge < -0.3 is 14.2 Å². The SMILES string of the molecule is CCOC(=O)c1cn(CC)c2cc(N3CCCCCC3)c(F)cc2c1=O. The molecule has 0 atom stereocenters. The van der Waals surface area contributed by atoms with Gasteiger partial charge in [0, 0.05) is 31.2 Å². The fraction of sp³-hybridized carbons (Fsp3) is 0.500. The minimum absolute atomic E-state index is 0.0527. The number of halogens is 1. The molecule has 1 aromatic carbocycles. The van der Waals surface area contributed by atoms with Gasteiger partial charge in [-0.05, 0) is 38.8 Å². The van der Waals surface area contributed by atoms with E-state index in [1.807, 2.05) is 11.5 Å². The molecule has 2 heterocycles. The maximum Gasteiger partial charge on any atom is 0.343 e. The molecule has 2 aromatic rings. The topological polar surface area (TPSA) is 51.5 Å². The van der Waals surface area contributed by atoms with Gasteiger partial charge in [0.25, 0.3) is 0 Å². The van der Waals surface area contributed by atoms with Crippen molar-refractivity contribution in [3.05, 3.63) is 39.9 Å². The molecule has 0 aliphatic carbocycles. The van der Waals surface area contributed by atoms with E-state index >= 15 is 0 Å². The molecule has 1 aliphatic rings. The van der Waals surface area contributed by atoms with Crippen molar-refractivity contribution < 1.29 is 13.9 Å². The van der Waals surface area contributed by atoms with Gasteiger partial charge in [0.1, 0.15) is 11.4 Å². The average molecular weight is 360 g/mol. The van der Waals surface area contributed by atoms with Crippen LogP contribution in [0.25, 0.3) is 10.9 Å². The number of aromatic nitrogens is 1. The van der Waals surface area contributed by atoms with Crippen LogP contribution in [0.15, 0.2) is 23.1 Å². The van der Waals surface area contributed by atoms with Crippen LogP contribution in [0.1, 0.15) is 49.9 Å². The van der Waals surface area contributed by atoms with Gasteiger partial charge in [-0.2, -0.15) is 0 Å². The Morgan fingerprint density at radius 3 is 2.46 bits per heavy atom. The Balaban J connectivity index is 2.16. The number of carbonyl (C=O) groups is 1. The number of rotatable bonds is 4. The van der Waals surface area contributed by atoms with Gasteiger partial charge in [0.05, 0.1) is 17.8 Å². The van der Waals surface area contributed by atoms with Crippen LogP contribution in [-0.2, 0) is 11.3 Å². The quantitative estimate of drug-likeness (QED) is 0.780. The summed E-state index contributed by atoms with van der Waals surface area (Å²) in [5.41, 5.74) is 0.642. The monoisotopic (exact) mass is 360 g/mol. The highest BCUT2D eigenvalue weighted by Gasteiger charge is 2.20. The molecule has 0 unspecified atom stereocenters. The Morgan fingerprint density at radius 2 is 1.85 bits per heavy atom. The Hall–Kier alpha value is -2.37. The van der Waals surface area contributed by atoms with Crippen molar-refractivity contribution in [3.63, 3.8) is 0 Å². The van der Waals surface area contributed by atoms with E-state index in [4.69, 9.17) is 4.74 Å². The highest BCUT2D eigenvalue weighted by atomic mass is 19.1. The van der Waals surface area contributed by atoms with Gasteiger partial charge in [-0.1, -0.05) is 12.8 Å². The molecule has 0 N–H and O–H groups in total. The number of esters is 1. The lowest BCUT2D eigenvalue weighted by molar-refractivity contribution is 0.0524.